The van der Waals surface area contributed by atoms with E-state index >= 15 is 0 Å². The number of hydrogen-bond acceptors (Lipinski definition) is 4. The van der Waals surface area contributed by atoms with Crippen molar-refractivity contribution in [2.24, 2.45) is 0 Å². The Balaban J connectivity index is 1.65. The van der Waals surface area contributed by atoms with Gasteiger partial charge in [0.2, 0.25) is 0 Å². The van der Waals surface area contributed by atoms with Crippen molar-refractivity contribution in [3.8, 4) is 5.75 Å². The number of nitrogens with one attached hydrogen (secondary N) is 1. The second-order valence-electron chi connectivity index (χ2n) is 7.01. The molecular formula is C23H24N2O3. The molecule has 1 aliphatic rings. The summed E-state index contributed by atoms with van der Waals surface area (Å²) in [6.07, 6.45) is 2.46. The number of nitrogens with zero attached hydrogens (tertiary/aromatic N) is 1. The Bertz CT molecular complexity index is 935. The van der Waals surface area contributed by atoms with Gasteiger partial charge in [-0.1, -0.05) is 31.2 Å². The highest BCUT2D eigenvalue weighted by molar-refractivity contribution is 6.01. The lowest BCUT2D eigenvalue weighted by molar-refractivity contribution is 0.0651. The fourth-order valence-electron chi connectivity index (χ4n) is 3.33. The molecule has 0 bridgehead atoms. The number of hydrogen-bond donors (Lipinski definition) is 1. The molecule has 144 valence electrons. The van der Waals surface area contributed by atoms with Crippen LogP contribution < -0.4 is 10.1 Å². The number of benzene rings is 2. The number of carbonyl (C=O) groups is 1. The van der Waals surface area contributed by atoms with Crippen molar-refractivity contribution in [3.05, 3.63) is 83.8 Å². The maximum atomic E-state index is 13.2. The Morgan fingerprint density at radius 3 is 2.61 bits per heavy atom. The zero-order valence-electron chi connectivity index (χ0n) is 16.1. The van der Waals surface area contributed by atoms with Crippen LogP contribution in [0.3, 0.4) is 0 Å². The minimum Gasteiger partial charge on any atom is -0.491 e. The molecule has 2 atom stereocenters. The molecular weight excluding hydrogens is 352 g/mol. The normalized spacial score (nSPS) is 17.0. The van der Waals surface area contributed by atoms with Crippen LogP contribution in [0.1, 0.15) is 48.1 Å². The van der Waals surface area contributed by atoms with Gasteiger partial charge in [-0.05, 0) is 55.3 Å². The fourth-order valence-corrected chi connectivity index (χ4v) is 3.33. The van der Waals surface area contributed by atoms with E-state index in [1.165, 1.54) is 0 Å². The molecule has 1 aliphatic heterocycles. The maximum Gasteiger partial charge on any atom is 0.258 e. The standard InChI is InChI=1S/C23H24N2O3/c1-3-16(2)28-18-12-10-17(11-13-18)22-24-21-9-5-4-8-20(21)23(26)25(22)15-19-7-6-14-27-19/h4-14,16,22,24H,3,15H2,1-2H3. The molecule has 5 nitrogen and oxygen atoms in total. The summed E-state index contributed by atoms with van der Waals surface area (Å²) in [6.45, 7) is 4.54. The molecule has 4 rings (SSSR count). The summed E-state index contributed by atoms with van der Waals surface area (Å²) >= 11 is 0. The molecule has 3 aromatic rings. The first kappa shape index (κ1) is 18.2. The minimum absolute atomic E-state index is 0.0179. The molecule has 0 saturated heterocycles. The van der Waals surface area contributed by atoms with E-state index in [9.17, 15) is 4.79 Å². The van der Waals surface area contributed by atoms with Crippen LogP contribution in [0.4, 0.5) is 5.69 Å². The van der Waals surface area contributed by atoms with Crippen molar-refractivity contribution in [1.29, 1.82) is 0 Å². The quantitative estimate of drug-likeness (QED) is 0.640. The summed E-state index contributed by atoms with van der Waals surface area (Å²) in [6, 6.07) is 19.2. The summed E-state index contributed by atoms with van der Waals surface area (Å²) < 4.78 is 11.4. The van der Waals surface area contributed by atoms with E-state index in [1.807, 2.05) is 60.7 Å². The van der Waals surface area contributed by atoms with E-state index in [-0.39, 0.29) is 18.2 Å². The molecule has 0 saturated carbocycles. The molecule has 0 fully saturated rings. The van der Waals surface area contributed by atoms with Crippen molar-refractivity contribution in [3.63, 3.8) is 0 Å². The highest BCUT2D eigenvalue weighted by Crippen LogP contribution is 2.34. The van der Waals surface area contributed by atoms with Gasteiger partial charge in [0.25, 0.3) is 5.91 Å². The van der Waals surface area contributed by atoms with Crippen LogP contribution in [0.25, 0.3) is 0 Å². The lowest BCUT2D eigenvalue weighted by atomic mass is 10.0. The number of ether oxygens (including phenoxy) is 1. The van der Waals surface area contributed by atoms with Crippen LogP contribution in [-0.2, 0) is 6.54 Å². The number of para-hydroxylation sites is 1. The van der Waals surface area contributed by atoms with E-state index < -0.39 is 0 Å². The monoisotopic (exact) mass is 376 g/mol. The highest BCUT2D eigenvalue weighted by Gasteiger charge is 2.33. The first-order valence-electron chi connectivity index (χ1n) is 9.61. The predicted molar refractivity (Wildman–Crippen MR) is 108 cm³/mol. The molecule has 0 spiro atoms. The van der Waals surface area contributed by atoms with Gasteiger partial charge in [-0.15, -0.1) is 0 Å². The number of anilines is 1. The van der Waals surface area contributed by atoms with Crippen LogP contribution in [0.5, 0.6) is 5.75 Å². The molecule has 1 amide bonds. The third-order valence-corrected chi connectivity index (χ3v) is 5.04. The van der Waals surface area contributed by atoms with Crippen LogP contribution in [0.2, 0.25) is 0 Å². The highest BCUT2D eigenvalue weighted by atomic mass is 16.5. The molecule has 1 N–H and O–H groups in total. The largest absolute Gasteiger partial charge is 0.491 e. The fraction of sp³-hybridized carbons (Fsp3) is 0.261. The maximum absolute atomic E-state index is 13.2. The Morgan fingerprint density at radius 2 is 1.89 bits per heavy atom. The van der Waals surface area contributed by atoms with E-state index in [4.69, 9.17) is 9.15 Å². The molecule has 0 aliphatic carbocycles. The SMILES string of the molecule is CCC(C)Oc1ccc(C2Nc3ccccc3C(=O)N2Cc2ccco2)cc1. The Hall–Kier alpha value is -3.21. The van der Waals surface area contributed by atoms with E-state index in [2.05, 4.69) is 19.2 Å². The minimum atomic E-state index is -0.287. The smallest absolute Gasteiger partial charge is 0.258 e. The van der Waals surface area contributed by atoms with Crippen molar-refractivity contribution < 1.29 is 13.9 Å². The summed E-state index contributed by atoms with van der Waals surface area (Å²) in [5, 5.41) is 3.50. The lowest BCUT2D eigenvalue weighted by Gasteiger charge is -2.37. The van der Waals surface area contributed by atoms with Gasteiger partial charge in [0, 0.05) is 5.69 Å². The second-order valence-corrected chi connectivity index (χ2v) is 7.01. The number of rotatable bonds is 6. The lowest BCUT2D eigenvalue weighted by Crippen LogP contribution is -2.42. The first-order valence-corrected chi connectivity index (χ1v) is 9.61. The summed E-state index contributed by atoms with van der Waals surface area (Å²) in [5.41, 5.74) is 2.50. The number of amides is 1. The molecule has 0 radical (unpaired) electrons. The van der Waals surface area contributed by atoms with Crippen molar-refractivity contribution in [2.75, 3.05) is 5.32 Å². The molecule has 28 heavy (non-hydrogen) atoms. The van der Waals surface area contributed by atoms with Gasteiger partial charge in [-0.3, -0.25) is 4.79 Å². The Kier molecular flexibility index (Phi) is 5.06. The van der Waals surface area contributed by atoms with Crippen molar-refractivity contribution in [2.45, 2.75) is 39.1 Å². The van der Waals surface area contributed by atoms with Gasteiger partial charge in [0.05, 0.1) is 24.5 Å². The third kappa shape index (κ3) is 3.60. The Morgan fingerprint density at radius 1 is 1.11 bits per heavy atom. The molecule has 2 unspecified atom stereocenters. The molecule has 2 heterocycles. The van der Waals surface area contributed by atoms with Gasteiger partial charge in [0.15, 0.2) is 0 Å². The predicted octanol–water partition coefficient (Wildman–Crippen LogP) is 5.22. The molecule has 5 heteroatoms. The number of carbonyl (C=O) groups excluding carboxylic acids is 1. The number of furan rings is 1. The average molecular weight is 376 g/mol. The zero-order valence-corrected chi connectivity index (χ0v) is 16.1. The van der Waals surface area contributed by atoms with Gasteiger partial charge in [-0.25, -0.2) is 0 Å². The van der Waals surface area contributed by atoms with Crippen LogP contribution >= 0.6 is 0 Å². The van der Waals surface area contributed by atoms with Gasteiger partial charge >= 0.3 is 0 Å². The van der Waals surface area contributed by atoms with E-state index in [0.717, 1.165) is 29.2 Å². The zero-order chi connectivity index (χ0) is 19.5. The molecule has 1 aromatic heterocycles. The summed E-state index contributed by atoms with van der Waals surface area (Å²) in [7, 11) is 0. The van der Waals surface area contributed by atoms with E-state index in [0.29, 0.717) is 12.1 Å². The van der Waals surface area contributed by atoms with E-state index in [1.54, 1.807) is 11.2 Å². The molecule has 2 aromatic carbocycles. The first-order chi connectivity index (χ1) is 13.7. The topological polar surface area (TPSA) is 54.7 Å². The summed E-state index contributed by atoms with van der Waals surface area (Å²) in [5.74, 6) is 1.56. The van der Waals surface area contributed by atoms with Gasteiger partial charge in [0.1, 0.15) is 17.7 Å². The van der Waals surface area contributed by atoms with Crippen LogP contribution in [0.15, 0.2) is 71.3 Å². The van der Waals surface area contributed by atoms with Gasteiger partial charge in [-0.2, -0.15) is 0 Å². The Labute approximate surface area is 164 Å². The van der Waals surface area contributed by atoms with Crippen molar-refractivity contribution in [1.82, 2.24) is 4.90 Å². The summed E-state index contributed by atoms with van der Waals surface area (Å²) in [4.78, 5) is 15.0. The van der Waals surface area contributed by atoms with Gasteiger partial charge < -0.3 is 19.4 Å². The third-order valence-electron chi connectivity index (χ3n) is 5.04. The second kappa shape index (κ2) is 7.80. The van der Waals surface area contributed by atoms with Crippen LogP contribution in [0, 0.1) is 0 Å². The van der Waals surface area contributed by atoms with Crippen molar-refractivity contribution >= 4 is 11.6 Å². The van der Waals surface area contributed by atoms with Crippen LogP contribution in [-0.4, -0.2) is 16.9 Å². The average Bonchev–Trinajstić information content (AvgIpc) is 3.24. The number of fused-ring (bicyclic) bond motifs is 1.